The van der Waals surface area contributed by atoms with Gasteiger partial charge in [-0.05, 0) is 23.3 Å². The van der Waals surface area contributed by atoms with Crippen molar-refractivity contribution in [2.75, 3.05) is 0 Å². The first kappa shape index (κ1) is 24.9. The molecule has 3 aromatic carbocycles. The molecule has 0 bridgehead atoms. The van der Waals surface area contributed by atoms with Crippen LogP contribution in [0.5, 0.6) is 11.5 Å². The molecule has 0 fully saturated rings. The number of ether oxygens (including phenoxy) is 2. The van der Waals surface area contributed by atoms with Gasteiger partial charge in [0, 0.05) is 6.07 Å². The van der Waals surface area contributed by atoms with Crippen LogP contribution in [0.2, 0.25) is 0 Å². The second-order valence-electron chi connectivity index (χ2n) is 9.18. The maximum atomic E-state index is 13.1. The predicted octanol–water partition coefficient (Wildman–Crippen LogP) is 4.93. The third-order valence-electron chi connectivity index (χ3n) is 6.47. The van der Waals surface area contributed by atoms with Gasteiger partial charge in [-0.3, -0.25) is 14.5 Å². The van der Waals surface area contributed by atoms with Crippen molar-refractivity contribution >= 4 is 11.8 Å². The number of carbonyl (C=O) groups is 2. The van der Waals surface area contributed by atoms with E-state index in [0.29, 0.717) is 21.6 Å². The van der Waals surface area contributed by atoms with Gasteiger partial charge in [0.2, 0.25) is 17.6 Å². The summed E-state index contributed by atoms with van der Waals surface area (Å²) in [5.41, 5.74) is 2.95. The predicted molar refractivity (Wildman–Crippen MR) is 143 cm³/mol. The van der Waals surface area contributed by atoms with Crippen LogP contribution in [0.3, 0.4) is 0 Å². The van der Waals surface area contributed by atoms with E-state index in [1.807, 2.05) is 60.7 Å². The summed E-state index contributed by atoms with van der Waals surface area (Å²) in [7, 11) is 0. The Bertz CT molecular complexity index is 1650. The minimum atomic E-state index is -0.408. The summed E-state index contributed by atoms with van der Waals surface area (Å²) in [4.78, 5) is 26.6. The fourth-order valence-corrected chi connectivity index (χ4v) is 4.42. The van der Waals surface area contributed by atoms with Crippen molar-refractivity contribution in [1.29, 1.82) is 0 Å². The molecule has 5 aromatic rings. The molecule has 0 saturated carbocycles. The summed E-state index contributed by atoms with van der Waals surface area (Å²) in [5, 5.41) is 17.1. The molecular weight excluding hydrogens is 510 g/mol. The minimum Gasteiger partial charge on any atom is -0.618 e. The number of aromatic nitrogens is 2. The van der Waals surface area contributed by atoms with E-state index in [0.717, 1.165) is 16.0 Å². The second-order valence-corrected chi connectivity index (χ2v) is 9.18. The fraction of sp³-hybridized carbons (Fsp3) is 0.0968. The van der Waals surface area contributed by atoms with Crippen LogP contribution in [-0.2, 0) is 19.8 Å². The molecule has 9 heteroatoms. The van der Waals surface area contributed by atoms with Gasteiger partial charge in [0.05, 0.1) is 23.7 Å². The normalized spacial score (nSPS) is 12.4. The maximum absolute atomic E-state index is 13.1. The van der Waals surface area contributed by atoms with Gasteiger partial charge in [-0.2, -0.15) is 4.73 Å². The summed E-state index contributed by atoms with van der Waals surface area (Å²) in [6.07, 6.45) is 1.29. The van der Waals surface area contributed by atoms with Gasteiger partial charge in [0.15, 0.2) is 17.2 Å². The molecule has 0 radical (unpaired) electrons. The number of carbonyl (C=O) groups excluding carboxylic acids is 2. The number of rotatable bonds is 9. The molecule has 3 heterocycles. The van der Waals surface area contributed by atoms with E-state index >= 15 is 0 Å². The highest BCUT2D eigenvalue weighted by Crippen LogP contribution is 2.32. The average Bonchev–Trinajstić information content (AvgIpc) is 3.55. The van der Waals surface area contributed by atoms with Crippen LogP contribution in [0.15, 0.2) is 108 Å². The first-order valence-electron chi connectivity index (χ1n) is 12.6. The summed E-state index contributed by atoms with van der Waals surface area (Å²) < 4.78 is 18.1. The Morgan fingerprint density at radius 1 is 0.750 bits per heavy atom. The highest BCUT2D eigenvalue weighted by molar-refractivity contribution is 6.21. The van der Waals surface area contributed by atoms with Crippen LogP contribution in [0.1, 0.15) is 37.6 Å². The van der Waals surface area contributed by atoms with Gasteiger partial charge in [0.1, 0.15) is 13.2 Å². The molecular formula is C31H23N3O6. The van der Waals surface area contributed by atoms with Crippen molar-refractivity contribution < 1.29 is 28.3 Å². The lowest BCUT2D eigenvalue weighted by Crippen LogP contribution is -2.29. The van der Waals surface area contributed by atoms with Crippen LogP contribution in [-0.4, -0.2) is 21.9 Å². The molecule has 2 amide bonds. The number of imide groups is 1. The van der Waals surface area contributed by atoms with Crippen LogP contribution in [0.25, 0.3) is 11.4 Å². The Kier molecular flexibility index (Phi) is 6.68. The zero-order valence-electron chi connectivity index (χ0n) is 21.2. The number of hydrogen-bond acceptors (Lipinski definition) is 7. The topological polar surface area (TPSA) is 109 Å². The molecule has 2 aromatic heterocycles. The van der Waals surface area contributed by atoms with E-state index in [1.54, 1.807) is 30.3 Å². The summed E-state index contributed by atoms with van der Waals surface area (Å²) in [5.74, 6) is 0.0589. The molecule has 6 rings (SSSR count). The number of benzene rings is 3. The molecule has 0 spiro atoms. The SMILES string of the molecule is O=C1c2ccccc2C(=O)N1Cc1cc(-c2cc(OCc3ccccc3)c(OCc3ccccc3)c[n+]2[O-])no1. The lowest BCUT2D eigenvalue weighted by molar-refractivity contribution is -0.594. The largest absolute Gasteiger partial charge is 0.618 e. The van der Waals surface area contributed by atoms with Gasteiger partial charge in [-0.15, -0.1) is 0 Å². The summed E-state index contributed by atoms with van der Waals surface area (Å²) in [6.45, 7) is 0.388. The smallest absolute Gasteiger partial charge is 0.261 e. The van der Waals surface area contributed by atoms with E-state index in [4.69, 9.17) is 14.0 Å². The van der Waals surface area contributed by atoms with Crippen molar-refractivity contribution in [3.8, 4) is 22.9 Å². The molecule has 1 aliphatic heterocycles. The molecule has 0 unspecified atom stereocenters. The van der Waals surface area contributed by atoms with E-state index in [9.17, 15) is 14.8 Å². The Morgan fingerprint density at radius 3 is 1.90 bits per heavy atom. The van der Waals surface area contributed by atoms with Crippen molar-refractivity contribution in [3.05, 3.63) is 136 Å². The van der Waals surface area contributed by atoms with Crippen molar-refractivity contribution in [1.82, 2.24) is 10.1 Å². The standard InChI is InChI=1S/C31H23N3O6/c35-30-24-13-7-8-14-25(24)31(36)33(30)17-23-15-26(32-40-23)27-16-28(38-19-21-9-3-1-4-10-21)29(18-34(27)37)39-20-22-11-5-2-6-12-22/h1-16,18H,17,19-20H2. The summed E-state index contributed by atoms with van der Waals surface area (Å²) in [6, 6.07) is 28.9. The molecule has 0 saturated heterocycles. The van der Waals surface area contributed by atoms with Crippen molar-refractivity contribution in [3.63, 3.8) is 0 Å². The van der Waals surface area contributed by atoms with Gasteiger partial charge in [-0.1, -0.05) is 78.0 Å². The fourth-order valence-electron chi connectivity index (χ4n) is 4.42. The van der Waals surface area contributed by atoms with Crippen LogP contribution in [0.4, 0.5) is 0 Å². The monoisotopic (exact) mass is 533 g/mol. The minimum absolute atomic E-state index is 0.117. The van der Waals surface area contributed by atoms with E-state index in [2.05, 4.69) is 5.16 Å². The van der Waals surface area contributed by atoms with Crippen LogP contribution < -0.4 is 14.2 Å². The van der Waals surface area contributed by atoms with E-state index in [-0.39, 0.29) is 42.7 Å². The second kappa shape index (κ2) is 10.7. The molecule has 1 aliphatic rings. The van der Waals surface area contributed by atoms with Gasteiger partial charge >= 0.3 is 0 Å². The molecule has 0 atom stereocenters. The number of fused-ring (bicyclic) bond motifs is 1. The van der Waals surface area contributed by atoms with E-state index < -0.39 is 11.8 Å². The Labute approximate surface area is 229 Å². The molecule has 0 N–H and O–H groups in total. The van der Waals surface area contributed by atoms with Crippen LogP contribution in [0, 0.1) is 5.21 Å². The Balaban J connectivity index is 1.26. The Hall–Kier alpha value is -5.44. The molecule has 198 valence electrons. The number of hydrogen-bond donors (Lipinski definition) is 0. The molecule has 40 heavy (non-hydrogen) atoms. The third-order valence-corrected chi connectivity index (χ3v) is 6.47. The quantitative estimate of drug-likeness (QED) is 0.150. The van der Waals surface area contributed by atoms with Crippen LogP contribution >= 0.6 is 0 Å². The summed E-state index contributed by atoms with van der Waals surface area (Å²) >= 11 is 0. The number of pyridine rings is 1. The number of nitrogens with zero attached hydrogens (tertiary/aromatic N) is 3. The zero-order valence-corrected chi connectivity index (χ0v) is 21.2. The average molecular weight is 534 g/mol. The van der Waals surface area contributed by atoms with Gasteiger partial charge in [0.25, 0.3) is 11.8 Å². The lowest BCUT2D eigenvalue weighted by atomic mass is 10.1. The first-order chi connectivity index (χ1) is 19.6. The molecule has 9 nitrogen and oxygen atoms in total. The maximum Gasteiger partial charge on any atom is 0.261 e. The zero-order chi connectivity index (χ0) is 27.5. The number of amides is 2. The lowest BCUT2D eigenvalue weighted by Gasteiger charge is -2.14. The van der Waals surface area contributed by atoms with Crippen molar-refractivity contribution in [2.45, 2.75) is 19.8 Å². The van der Waals surface area contributed by atoms with Gasteiger partial charge in [-0.25, -0.2) is 0 Å². The van der Waals surface area contributed by atoms with Crippen molar-refractivity contribution in [2.24, 2.45) is 0 Å². The Morgan fingerprint density at radius 2 is 1.30 bits per heavy atom. The highest BCUT2D eigenvalue weighted by Gasteiger charge is 2.36. The van der Waals surface area contributed by atoms with E-state index in [1.165, 1.54) is 12.3 Å². The third kappa shape index (κ3) is 5.00. The molecule has 0 aliphatic carbocycles. The van der Waals surface area contributed by atoms with Gasteiger partial charge < -0.3 is 19.2 Å². The first-order valence-corrected chi connectivity index (χ1v) is 12.6. The highest BCUT2D eigenvalue weighted by atomic mass is 16.5.